The highest BCUT2D eigenvalue weighted by Crippen LogP contribution is 2.71. The molecule has 95 heavy (non-hydrogen) atoms. The van der Waals surface area contributed by atoms with E-state index in [-0.39, 0.29) is 28.8 Å². The van der Waals surface area contributed by atoms with Crippen molar-refractivity contribution in [3.8, 4) is 0 Å². The predicted molar refractivity (Wildman–Crippen MR) is 312 cm³/mol. The minimum atomic E-state index is -2.18. The summed E-state index contributed by atoms with van der Waals surface area (Å²) in [5.41, 5.74) is 0.0238. The first-order chi connectivity index (χ1) is 45.1. The maximum absolute atomic E-state index is 12.8. The Morgan fingerprint density at radius 2 is 0.853 bits per heavy atom. The molecule has 8 heterocycles. The van der Waals surface area contributed by atoms with Gasteiger partial charge in [0.1, 0.15) is 140 Å². The highest BCUT2D eigenvalue weighted by molar-refractivity contribution is 5.16. The molecule has 42 atom stereocenters. The lowest BCUT2D eigenvalue weighted by molar-refractivity contribution is -0.405. The van der Waals surface area contributed by atoms with Gasteiger partial charge >= 0.3 is 0 Å². The van der Waals surface area contributed by atoms with Gasteiger partial charge in [-0.3, -0.25) is 0 Å². The molecule has 0 bridgehead atoms. The number of hydrogen-bond donors (Lipinski definition) is 18. The number of aliphatic hydroxyl groups is 18. The van der Waals surface area contributed by atoms with E-state index < -0.39 is 229 Å². The van der Waals surface area contributed by atoms with Crippen LogP contribution >= 0.6 is 0 Å². The van der Waals surface area contributed by atoms with Gasteiger partial charge in [-0.2, -0.15) is 0 Å². The lowest BCUT2D eigenvalue weighted by atomic mass is 9.44. The zero-order chi connectivity index (χ0) is 68.2. The van der Waals surface area contributed by atoms with Crippen molar-refractivity contribution in [1.82, 2.24) is 0 Å². The molecule has 8 saturated heterocycles. The maximum atomic E-state index is 12.8. The summed E-state index contributed by atoms with van der Waals surface area (Å²) >= 11 is 0. The summed E-state index contributed by atoms with van der Waals surface area (Å²) in [4.78, 5) is 0. The molecule has 0 aromatic carbocycles. The SMILES string of the molecule is CC1CCC2(OC1)OC1CC3C4CCC5CC(OC6OC(CO)C(OC7OC(CO)C(O)C(OC8OC(CO)C(OC9OC(C)C(O)C(O)C9O)C(O)C8O)C7O)C(O)C6OC6OC(CO)C(O)C(OC7OC(CO)C(O)C(O)C7O)C6O)CCC5(C)C4CCC3(C)C1C2C. The normalized spacial score (nSPS) is 57.3. The highest BCUT2D eigenvalue weighted by atomic mass is 16.8. The predicted octanol–water partition coefficient (Wildman–Crippen LogP) is -6.23. The van der Waals surface area contributed by atoms with Gasteiger partial charge in [0.05, 0.1) is 58.0 Å². The molecule has 0 amide bonds. The molecular formula is C63H104O32. The first-order valence-corrected chi connectivity index (χ1v) is 34.2. The fraction of sp³-hybridized carbons (Fsp3) is 1.00. The van der Waals surface area contributed by atoms with Crippen LogP contribution in [0.1, 0.15) is 98.8 Å². The van der Waals surface area contributed by atoms with Crippen LogP contribution < -0.4 is 0 Å². The van der Waals surface area contributed by atoms with E-state index in [1.807, 2.05) is 0 Å². The zero-order valence-electron chi connectivity index (χ0n) is 54.1. The molecule has 0 aromatic rings. The van der Waals surface area contributed by atoms with E-state index in [9.17, 15) is 91.9 Å². The summed E-state index contributed by atoms with van der Waals surface area (Å²) < 4.78 is 85.8. The van der Waals surface area contributed by atoms with Crippen molar-refractivity contribution < 1.29 is 158 Å². The van der Waals surface area contributed by atoms with Crippen LogP contribution in [0.15, 0.2) is 0 Å². The van der Waals surface area contributed by atoms with Gasteiger partial charge in [-0.1, -0.05) is 27.7 Å². The molecule has 12 aliphatic rings. The van der Waals surface area contributed by atoms with E-state index in [0.29, 0.717) is 49.0 Å². The van der Waals surface area contributed by atoms with Gasteiger partial charge in [0.2, 0.25) is 0 Å². The second-order valence-electron chi connectivity index (χ2n) is 29.9. The molecule has 0 radical (unpaired) electrons. The lowest BCUT2D eigenvalue weighted by Crippen LogP contribution is -2.68. The van der Waals surface area contributed by atoms with Crippen LogP contribution in [0.25, 0.3) is 0 Å². The third-order valence-electron chi connectivity index (χ3n) is 24.6. The van der Waals surface area contributed by atoms with Gasteiger partial charge in [0, 0.05) is 12.3 Å². The smallest absolute Gasteiger partial charge is 0.187 e. The molecule has 18 N–H and O–H groups in total. The fourth-order valence-corrected chi connectivity index (χ4v) is 19.1. The molecule has 32 heteroatoms. The summed E-state index contributed by atoms with van der Waals surface area (Å²) in [7, 11) is 0. The van der Waals surface area contributed by atoms with Crippen molar-refractivity contribution in [2.24, 2.45) is 52.3 Å². The number of fused-ring (bicyclic) bond motifs is 7. The Labute approximate surface area is 549 Å². The summed E-state index contributed by atoms with van der Waals surface area (Å²) in [6, 6.07) is 0. The lowest BCUT2D eigenvalue weighted by Gasteiger charge is -2.61. The molecule has 42 unspecified atom stereocenters. The van der Waals surface area contributed by atoms with Crippen molar-refractivity contribution >= 4 is 0 Å². The molecule has 12 fully saturated rings. The van der Waals surface area contributed by atoms with E-state index in [0.717, 1.165) is 51.4 Å². The summed E-state index contributed by atoms with van der Waals surface area (Å²) in [6.07, 6.45) is -46.6. The van der Waals surface area contributed by atoms with Crippen molar-refractivity contribution in [1.29, 1.82) is 0 Å². The molecular weight excluding hydrogens is 1270 g/mol. The highest BCUT2D eigenvalue weighted by Gasteiger charge is 2.70. The quantitative estimate of drug-likeness (QED) is 0.0603. The van der Waals surface area contributed by atoms with Crippen LogP contribution in [-0.2, 0) is 66.3 Å². The standard InChI is InChI=1S/C63H104O32/c1-22-8-13-63(82-21-22)23(2)36-30(95-63)15-29-27-7-6-25-14-26(9-11-61(25,4)28(27)10-12-62(29,36)5)84-60-54(94-59-49(81)53(40(72)33(18-66)87-59)92-56-45(77)42(74)38(70)31(16-64)85-56)47(79)51(35(20-68)89-60)91-58-48(80)52(39(71)32(17-65)86-58)93-57-46(78)43(75)50(34(19-67)88-57)90-55-44(76)41(73)37(69)24(3)83-55/h22-60,64-81H,6-21H2,1-5H3. The Kier molecular flexibility index (Phi) is 22.5. The molecule has 1 spiro atoms. The topological polar surface area (TPSA) is 493 Å². The van der Waals surface area contributed by atoms with Crippen molar-refractivity contribution in [2.45, 2.75) is 301 Å². The molecule has 548 valence electrons. The molecule has 12 rings (SSSR count). The fourth-order valence-electron chi connectivity index (χ4n) is 19.1. The second-order valence-corrected chi connectivity index (χ2v) is 29.9. The first kappa shape index (κ1) is 73.5. The molecule has 4 saturated carbocycles. The molecule has 8 aliphatic heterocycles. The van der Waals surface area contributed by atoms with E-state index in [2.05, 4.69) is 27.7 Å². The Balaban J connectivity index is 0.773. The Morgan fingerprint density at radius 1 is 0.379 bits per heavy atom. The maximum Gasteiger partial charge on any atom is 0.187 e. The molecule has 32 nitrogen and oxygen atoms in total. The van der Waals surface area contributed by atoms with E-state index in [4.69, 9.17) is 66.3 Å². The summed E-state index contributed by atoms with van der Waals surface area (Å²) in [5.74, 6) is 2.22. The number of aliphatic hydroxyl groups excluding tert-OH is 18. The van der Waals surface area contributed by atoms with Crippen LogP contribution in [0.5, 0.6) is 0 Å². The number of hydrogen-bond acceptors (Lipinski definition) is 32. The number of rotatable bonds is 17. The largest absolute Gasteiger partial charge is 0.394 e. The van der Waals surface area contributed by atoms with E-state index in [1.54, 1.807) is 0 Å². The van der Waals surface area contributed by atoms with Crippen molar-refractivity contribution in [3.05, 3.63) is 0 Å². The van der Waals surface area contributed by atoms with Gasteiger partial charge in [0.25, 0.3) is 0 Å². The average Bonchev–Trinajstić information content (AvgIpc) is 1.55. The summed E-state index contributed by atoms with van der Waals surface area (Å²) in [5, 5.41) is 198. The van der Waals surface area contributed by atoms with Gasteiger partial charge in [-0.15, -0.1) is 0 Å². The number of ether oxygens (including phenoxy) is 14. The first-order valence-electron chi connectivity index (χ1n) is 34.2. The van der Waals surface area contributed by atoms with E-state index >= 15 is 0 Å². The zero-order valence-corrected chi connectivity index (χ0v) is 54.1. The van der Waals surface area contributed by atoms with Crippen molar-refractivity contribution in [3.63, 3.8) is 0 Å². The van der Waals surface area contributed by atoms with Gasteiger partial charge in [0.15, 0.2) is 43.5 Å². The molecule has 0 aromatic heterocycles. The second kappa shape index (κ2) is 29.1. The Hall–Kier alpha value is -1.28. The monoisotopic (exact) mass is 1370 g/mol. The van der Waals surface area contributed by atoms with Crippen LogP contribution in [0.2, 0.25) is 0 Å². The van der Waals surface area contributed by atoms with E-state index in [1.165, 1.54) is 6.92 Å². The summed E-state index contributed by atoms with van der Waals surface area (Å²) in [6.45, 7) is 6.90. The van der Waals surface area contributed by atoms with Crippen LogP contribution in [0, 0.1) is 52.3 Å². The van der Waals surface area contributed by atoms with Crippen LogP contribution in [0.3, 0.4) is 0 Å². The van der Waals surface area contributed by atoms with Crippen LogP contribution in [0.4, 0.5) is 0 Å². The Morgan fingerprint density at radius 3 is 1.41 bits per heavy atom. The average molecular weight is 1370 g/mol. The van der Waals surface area contributed by atoms with Gasteiger partial charge in [-0.25, -0.2) is 0 Å². The third kappa shape index (κ3) is 13.2. The van der Waals surface area contributed by atoms with Gasteiger partial charge in [-0.05, 0) is 111 Å². The molecule has 4 aliphatic carbocycles. The van der Waals surface area contributed by atoms with Gasteiger partial charge < -0.3 is 158 Å². The minimum absolute atomic E-state index is 0.0743. The van der Waals surface area contributed by atoms with Crippen LogP contribution in [-0.4, -0.2) is 334 Å². The Bertz CT molecular complexity index is 2500. The van der Waals surface area contributed by atoms with Crippen molar-refractivity contribution in [2.75, 3.05) is 39.6 Å². The third-order valence-corrected chi connectivity index (χ3v) is 24.6. The minimum Gasteiger partial charge on any atom is -0.394 e.